The zero-order chi connectivity index (χ0) is 21.6. The molecule has 0 amide bonds. The topological polar surface area (TPSA) is 17.1 Å². The Balaban J connectivity index is 1.77. The van der Waals surface area contributed by atoms with Crippen LogP contribution in [-0.2, 0) is 4.79 Å². The zero-order valence-electron chi connectivity index (χ0n) is 17.7. The molecule has 0 fully saturated rings. The highest BCUT2D eigenvalue weighted by atomic mass is 32.2. The Hall–Kier alpha value is -1.45. The summed E-state index contributed by atoms with van der Waals surface area (Å²) in [6.45, 7) is 1.65. The van der Waals surface area contributed by atoms with E-state index >= 15 is 0 Å². The molecule has 1 aliphatic rings. The van der Waals surface area contributed by atoms with Gasteiger partial charge in [-0.3, -0.25) is 4.79 Å². The fraction of sp³-hybridized carbons (Fsp3) is 0.192. The molecule has 3 aromatic carbocycles. The van der Waals surface area contributed by atoms with Crippen LogP contribution < -0.4 is 15.9 Å². The Morgan fingerprint density at radius 3 is 1.90 bits per heavy atom. The van der Waals surface area contributed by atoms with Gasteiger partial charge in [0.25, 0.3) is 0 Å². The monoisotopic (exact) mass is 480 g/mol. The van der Waals surface area contributed by atoms with Crippen LogP contribution in [0.4, 0.5) is 0 Å². The summed E-state index contributed by atoms with van der Waals surface area (Å²) in [5.41, 5.74) is 4.11. The highest BCUT2D eigenvalue weighted by Crippen LogP contribution is 2.47. The Morgan fingerprint density at radius 1 is 0.774 bits per heavy atom. The van der Waals surface area contributed by atoms with Gasteiger partial charge in [0.2, 0.25) is 0 Å². The molecule has 0 N–H and O–H groups in total. The molecule has 0 saturated heterocycles. The highest BCUT2D eigenvalue weighted by molar-refractivity contribution is 8.22. The lowest BCUT2D eigenvalue weighted by atomic mass is 9.99. The average Bonchev–Trinajstić information content (AvgIpc) is 2.80. The van der Waals surface area contributed by atoms with Crippen molar-refractivity contribution in [2.24, 2.45) is 0 Å². The van der Waals surface area contributed by atoms with Crippen LogP contribution in [0.2, 0.25) is 0 Å². The van der Waals surface area contributed by atoms with Gasteiger partial charge in [-0.15, -0.1) is 23.5 Å². The van der Waals surface area contributed by atoms with E-state index < -0.39 is 7.92 Å². The number of thioether (sulfide) groups is 3. The first-order chi connectivity index (χ1) is 15.2. The first-order valence-corrected chi connectivity index (χ1v) is 14.8. The fourth-order valence-corrected chi connectivity index (χ4v) is 9.14. The van der Waals surface area contributed by atoms with Crippen molar-refractivity contribution in [2.45, 2.75) is 13.3 Å². The Morgan fingerprint density at radius 2 is 1.32 bits per heavy atom. The Bertz CT molecular complexity index is 1050. The summed E-state index contributed by atoms with van der Waals surface area (Å²) in [5, 5.41) is 4.49. The van der Waals surface area contributed by atoms with Gasteiger partial charge < -0.3 is 0 Å². The molecule has 31 heavy (non-hydrogen) atoms. The molecule has 1 nitrogen and oxygen atoms in total. The van der Waals surface area contributed by atoms with Crippen molar-refractivity contribution in [1.82, 2.24) is 0 Å². The molecule has 0 spiro atoms. The molecule has 5 heteroatoms. The normalized spacial score (nSPS) is 14.6. The van der Waals surface area contributed by atoms with Gasteiger partial charge >= 0.3 is 0 Å². The molecular formula is C26H25OPS3. The minimum atomic E-state index is -0.574. The van der Waals surface area contributed by atoms with Gasteiger partial charge in [0.05, 0.1) is 0 Å². The van der Waals surface area contributed by atoms with E-state index in [4.69, 9.17) is 0 Å². The lowest BCUT2D eigenvalue weighted by Gasteiger charge is -2.32. The smallest absolute Gasteiger partial charge is 0.185 e. The van der Waals surface area contributed by atoms with Crippen molar-refractivity contribution in [2.75, 3.05) is 17.8 Å². The number of carbonyl (C=O) groups is 1. The van der Waals surface area contributed by atoms with E-state index in [1.54, 1.807) is 6.92 Å². The van der Waals surface area contributed by atoms with Crippen molar-refractivity contribution < 1.29 is 4.79 Å². The molecule has 0 aliphatic carbocycles. The summed E-state index contributed by atoms with van der Waals surface area (Å²) in [6.07, 6.45) is 3.21. The van der Waals surface area contributed by atoms with Crippen molar-refractivity contribution in [3.05, 3.63) is 94.2 Å². The minimum Gasteiger partial charge on any atom is -0.288 e. The summed E-state index contributed by atoms with van der Waals surface area (Å²) in [5.74, 6) is 1.92. The molecule has 0 aromatic heterocycles. The largest absolute Gasteiger partial charge is 0.288 e. The number of fused-ring (bicyclic) bond motifs is 2. The van der Waals surface area contributed by atoms with Gasteiger partial charge in [0.1, 0.15) is 0 Å². The molecule has 0 atom stereocenters. The molecule has 158 valence electrons. The molecule has 0 radical (unpaired) electrons. The van der Waals surface area contributed by atoms with Crippen molar-refractivity contribution in [3.63, 3.8) is 0 Å². The number of hydrogen-bond donors (Lipinski definition) is 0. The third kappa shape index (κ3) is 5.14. The third-order valence-corrected chi connectivity index (χ3v) is 10.9. The standard InChI is InChI=1S/C26H25OPS3/c1-19(27)30-17-10-18-31-26(29-2)25-21-13-6-8-15-23(21)28(20-11-4-3-5-12-20)24-16-9-7-14-22(24)25/h3-9,11-16H,10,17-18H2,1-2H3. The average molecular weight is 481 g/mol. The molecule has 1 aliphatic heterocycles. The van der Waals surface area contributed by atoms with Crippen LogP contribution in [-0.4, -0.2) is 22.9 Å². The predicted molar refractivity (Wildman–Crippen MR) is 145 cm³/mol. The lowest BCUT2D eigenvalue weighted by molar-refractivity contribution is -0.109. The van der Waals surface area contributed by atoms with E-state index in [0.29, 0.717) is 0 Å². The lowest BCUT2D eigenvalue weighted by Crippen LogP contribution is -2.30. The zero-order valence-corrected chi connectivity index (χ0v) is 21.1. The van der Waals surface area contributed by atoms with Gasteiger partial charge in [-0.05, 0) is 53.4 Å². The molecule has 3 aromatic rings. The number of benzene rings is 3. The molecule has 0 saturated carbocycles. The molecular weight excluding hydrogens is 455 g/mol. The number of rotatable bonds is 7. The summed E-state index contributed by atoms with van der Waals surface area (Å²) in [4.78, 5) is 11.2. The Labute approximate surface area is 199 Å². The quantitative estimate of drug-likeness (QED) is 0.230. The molecule has 0 bridgehead atoms. The van der Waals surface area contributed by atoms with Gasteiger partial charge in [0.15, 0.2) is 5.12 Å². The summed E-state index contributed by atoms with van der Waals surface area (Å²) < 4.78 is 1.37. The third-order valence-electron chi connectivity index (χ3n) is 5.06. The first kappa shape index (κ1) is 22.7. The summed E-state index contributed by atoms with van der Waals surface area (Å²) >= 11 is 5.20. The highest BCUT2D eigenvalue weighted by Gasteiger charge is 2.30. The van der Waals surface area contributed by atoms with Crippen LogP contribution in [0.5, 0.6) is 0 Å². The summed E-state index contributed by atoms with van der Waals surface area (Å²) in [6, 6.07) is 28.8. The maximum absolute atomic E-state index is 11.2. The van der Waals surface area contributed by atoms with E-state index in [9.17, 15) is 4.79 Å². The van der Waals surface area contributed by atoms with E-state index in [0.717, 1.165) is 17.9 Å². The second-order valence-corrected chi connectivity index (χ2v) is 12.7. The van der Waals surface area contributed by atoms with Gasteiger partial charge in [-0.25, -0.2) is 0 Å². The van der Waals surface area contributed by atoms with Gasteiger partial charge in [-0.2, -0.15) is 0 Å². The minimum absolute atomic E-state index is 0.206. The number of carbonyl (C=O) groups excluding carboxylic acids is 1. The van der Waals surface area contributed by atoms with Crippen LogP contribution in [0.3, 0.4) is 0 Å². The molecule has 1 heterocycles. The second-order valence-electron chi connectivity index (χ2n) is 7.11. The van der Waals surface area contributed by atoms with Crippen LogP contribution in [0.15, 0.2) is 83.1 Å². The maximum Gasteiger partial charge on any atom is 0.185 e. The van der Waals surface area contributed by atoms with Crippen LogP contribution in [0, 0.1) is 0 Å². The van der Waals surface area contributed by atoms with Crippen LogP contribution in [0.25, 0.3) is 5.57 Å². The van der Waals surface area contributed by atoms with Crippen molar-refractivity contribution in [1.29, 1.82) is 0 Å². The second kappa shape index (κ2) is 10.9. The van der Waals surface area contributed by atoms with E-state index in [1.807, 2.05) is 23.5 Å². The first-order valence-electron chi connectivity index (χ1n) is 10.3. The van der Waals surface area contributed by atoms with E-state index in [-0.39, 0.29) is 5.12 Å². The van der Waals surface area contributed by atoms with Crippen LogP contribution in [0.1, 0.15) is 24.5 Å². The van der Waals surface area contributed by atoms with Gasteiger partial charge in [-0.1, -0.05) is 90.6 Å². The fourth-order valence-electron chi connectivity index (χ4n) is 3.78. The van der Waals surface area contributed by atoms with E-state index in [2.05, 4.69) is 85.1 Å². The van der Waals surface area contributed by atoms with Crippen LogP contribution >= 0.6 is 43.2 Å². The predicted octanol–water partition coefficient (Wildman–Crippen LogP) is 6.24. The van der Waals surface area contributed by atoms with E-state index in [1.165, 1.54) is 48.6 Å². The van der Waals surface area contributed by atoms with Crippen molar-refractivity contribution in [3.8, 4) is 0 Å². The summed E-state index contributed by atoms with van der Waals surface area (Å²) in [7, 11) is -0.574. The number of hydrogen-bond acceptors (Lipinski definition) is 4. The van der Waals surface area contributed by atoms with Crippen molar-refractivity contribution >= 4 is 69.8 Å². The van der Waals surface area contributed by atoms with Gasteiger partial charge in [0, 0.05) is 22.5 Å². The Kier molecular flexibility index (Phi) is 8.01. The molecule has 4 rings (SSSR count). The molecule has 0 unspecified atom stereocenters. The SMILES string of the molecule is CSC(SCCCSC(C)=O)=C1c2ccccc2P(c2ccccc2)c2ccccc21. The maximum atomic E-state index is 11.2.